The number of rotatable bonds is 7. The third-order valence-electron chi connectivity index (χ3n) is 3.71. The van der Waals surface area contributed by atoms with Gasteiger partial charge in [0.1, 0.15) is 0 Å². The fraction of sp³-hybridized carbons (Fsp3) is 0.400. The van der Waals surface area contributed by atoms with Gasteiger partial charge in [-0.15, -0.1) is 0 Å². The highest BCUT2D eigenvalue weighted by atomic mass is 14.9. The summed E-state index contributed by atoms with van der Waals surface area (Å²) in [6.07, 6.45) is 2.24. The van der Waals surface area contributed by atoms with E-state index in [1.165, 1.54) is 16.7 Å². The Balaban J connectivity index is 1.79. The second-order valence-electron chi connectivity index (χ2n) is 6.39. The average Bonchev–Trinajstić information content (AvgIpc) is 2.47. The lowest BCUT2D eigenvalue weighted by Crippen LogP contribution is -2.27. The summed E-state index contributed by atoms with van der Waals surface area (Å²) < 4.78 is 0. The molecule has 21 heavy (non-hydrogen) atoms. The van der Waals surface area contributed by atoms with Crippen molar-refractivity contribution in [1.82, 2.24) is 5.32 Å². The summed E-state index contributed by atoms with van der Waals surface area (Å²) in [5, 5.41) is 3.61. The Bertz CT molecular complexity index is 513. The van der Waals surface area contributed by atoms with Crippen molar-refractivity contribution >= 4 is 0 Å². The lowest BCUT2D eigenvalue weighted by atomic mass is 10.0. The minimum absolute atomic E-state index is 0.489. The summed E-state index contributed by atoms with van der Waals surface area (Å²) in [6.45, 7) is 7.72. The van der Waals surface area contributed by atoms with Gasteiger partial charge < -0.3 is 5.32 Å². The van der Waals surface area contributed by atoms with Crippen LogP contribution in [0, 0.1) is 5.92 Å². The Labute approximate surface area is 129 Å². The van der Waals surface area contributed by atoms with Crippen molar-refractivity contribution < 1.29 is 0 Å². The molecule has 0 saturated heterocycles. The van der Waals surface area contributed by atoms with E-state index in [-0.39, 0.29) is 0 Å². The van der Waals surface area contributed by atoms with Gasteiger partial charge in [-0.3, -0.25) is 0 Å². The van der Waals surface area contributed by atoms with E-state index in [0.29, 0.717) is 6.04 Å². The van der Waals surface area contributed by atoms with E-state index in [1.807, 2.05) is 0 Å². The molecule has 0 saturated carbocycles. The van der Waals surface area contributed by atoms with E-state index in [0.717, 1.165) is 25.3 Å². The molecule has 2 aromatic carbocycles. The van der Waals surface area contributed by atoms with Gasteiger partial charge in [0.15, 0.2) is 0 Å². The minimum Gasteiger partial charge on any atom is -0.310 e. The standard InChI is InChI=1S/C20H27N/c1-16(2)13-19-9-11-20(12-10-19)15-21-17(3)14-18-7-5-4-6-8-18/h4-12,16-17,21H,13-15H2,1-3H3. The second kappa shape index (κ2) is 7.99. The van der Waals surface area contributed by atoms with Crippen LogP contribution < -0.4 is 5.32 Å². The third-order valence-corrected chi connectivity index (χ3v) is 3.71. The molecule has 1 atom stereocenters. The Kier molecular flexibility index (Phi) is 6.01. The van der Waals surface area contributed by atoms with E-state index >= 15 is 0 Å². The van der Waals surface area contributed by atoms with Gasteiger partial charge in [0.25, 0.3) is 0 Å². The van der Waals surface area contributed by atoms with Gasteiger partial charge in [0.05, 0.1) is 0 Å². The van der Waals surface area contributed by atoms with Crippen molar-refractivity contribution in [3.8, 4) is 0 Å². The van der Waals surface area contributed by atoms with Crippen molar-refractivity contribution in [2.75, 3.05) is 0 Å². The molecule has 0 aromatic heterocycles. The van der Waals surface area contributed by atoms with Gasteiger partial charge in [-0.05, 0) is 42.4 Å². The molecule has 0 aliphatic heterocycles. The summed E-state index contributed by atoms with van der Waals surface area (Å²) in [6, 6.07) is 20.2. The highest BCUT2D eigenvalue weighted by Gasteiger charge is 2.03. The molecular weight excluding hydrogens is 254 g/mol. The first kappa shape index (κ1) is 15.8. The molecular formula is C20H27N. The number of hydrogen-bond donors (Lipinski definition) is 1. The minimum atomic E-state index is 0.489. The van der Waals surface area contributed by atoms with Crippen LogP contribution in [-0.4, -0.2) is 6.04 Å². The van der Waals surface area contributed by atoms with E-state index in [1.54, 1.807) is 0 Å². The maximum atomic E-state index is 3.61. The van der Waals surface area contributed by atoms with E-state index in [2.05, 4.69) is 80.7 Å². The highest BCUT2D eigenvalue weighted by molar-refractivity contribution is 5.23. The largest absolute Gasteiger partial charge is 0.310 e. The number of hydrogen-bond acceptors (Lipinski definition) is 1. The summed E-state index contributed by atoms with van der Waals surface area (Å²) in [5.74, 6) is 0.722. The van der Waals surface area contributed by atoms with Crippen molar-refractivity contribution in [3.63, 3.8) is 0 Å². The third kappa shape index (κ3) is 5.73. The van der Waals surface area contributed by atoms with Crippen molar-refractivity contribution in [3.05, 3.63) is 71.3 Å². The Morgan fingerprint density at radius 1 is 0.714 bits per heavy atom. The predicted molar refractivity (Wildman–Crippen MR) is 91.4 cm³/mol. The van der Waals surface area contributed by atoms with Crippen LogP contribution in [0.1, 0.15) is 37.5 Å². The Morgan fingerprint density at radius 2 is 1.29 bits per heavy atom. The monoisotopic (exact) mass is 281 g/mol. The first-order chi connectivity index (χ1) is 10.1. The Hall–Kier alpha value is -1.60. The fourth-order valence-electron chi connectivity index (χ4n) is 2.60. The molecule has 0 spiro atoms. The molecule has 112 valence electrons. The molecule has 1 nitrogen and oxygen atoms in total. The van der Waals surface area contributed by atoms with Crippen molar-refractivity contribution in [2.24, 2.45) is 5.92 Å². The normalized spacial score (nSPS) is 12.6. The van der Waals surface area contributed by atoms with Crippen molar-refractivity contribution in [1.29, 1.82) is 0 Å². The van der Waals surface area contributed by atoms with Gasteiger partial charge in [0.2, 0.25) is 0 Å². The van der Waals surface area contributed by atoms with Crippen LogP contribution in [0.2, 0.25) is 0 Å². The number of nitrogens with one attached hydrogen (secondary N) is 1. The lowest BCUT2D eigenvalue weighted by Gasteiger charge is -2.14. The molecule has 2 rings (SSSR count). The zero-order chi connectivity index (χ0) is 15.1. The summed E-state index contributed by atoms with van der Waals surface area (Å²) >= 11 is 0. The fourth-order valence-corrected chi connectivity index (χ4v) is 2.60. The van der Waals surface area contributed by atoms with Crippen LogP contribution in [0.25, 0.3) is 0 Å². The van der Waals surface area contributed by atoms with Gasteiger partial charge in [-0.25, -0.2) is 0 Å². The highest BCUT2D eigenvalue weighted by Crippen LogP contribution is 2.10. The summed E-state index contributed by atoms with van der Waals surface area (Å²) in [4.78, 5) is 0. The topological polar surface area (TPSA) is 12.0 Å². The van der Waals surface area contributed by atoms with Crippen LogP contribution in [0.4, 0.5) is 0 Å². The molecule has 0 aliphatic rings. The maximum Gasteiger partial charge on any atom is 0.0208 e. The van der Waals surface area contributed by atoms with E-state index < -0.39 is 0 Å². The van der Waals surface area contributed by atoms with Crippen LogP contribution in [-0.2, 0) is 19.4 Å². The summed E-state index contributed by atoms with van der Waals surface area (Å²) in [7, 11) is 0. The number of benzene rings is 2. The zero-order valence-corrected chi connectivity index (χ0v) is 13.5. The quantitative estimate of drug-likeness (QED) is 0.781. The van der Waals surface area contributed by atoms with Crippen molar-refractivity contribution in [2.45, 2.75) is 46.2 Å². The molecule has 0 amide bonds. The first-order valence-electron chi connectivity index (χ1n) is 7.98. The zero-order valence-electron chi connectivity index (χ0n) is 13.5. The Morgan fingerprint density at radius 3 is 1.90 bits per heavy atom. The second-order valence-corrected chi connectivity index (χ2v) is 6.39. The van der Waals surface area contributed by atoms with Crippen LogP contribution >= 0.6 is 0 Å². The SMILES string of the molecule is CC(C)Cc1ccc(CNC(C)Cc2ccccc2)cc1. The van der Waals surface area contributed by atoms with Crippen LogP contribution in [0.15, 0.2) is 54.6 Å². The van der Waals surface area contributed by atoms with Gasteiger partial charge in [0, 0.05) is 12.6 Å². The molecule has 1 heteroatoms. The molecule has 2 aromatic rings. The molecule has 1 N–H and O–H groups in total. The molecule has 1 unspecified atom stereocenters. The maximum absolute atomic E-state index is 3.61. The summed E-state index contributed by atoms with van der Waals surface area (Å²) in [5.41, 5.74) is 4.19. The van der Waals surface area contributed by atoms with Gasteiger partial charge >= 0.3 is 0 Å². The lowest BCUT2D eigenvalue weighted by molar-refractivity contribution is 0.545. The average molecular weight is 281 g/mol. The molecule has 0 aliphatic carbocycles. The molecule has 0 radical (unpaired) electrons. The van der Waals surface area contributed by atoms with Gasteiger partial charge in [-0.2, -0.15) is 0 Å². The van der Waals surface area contributed by atoms with Crippen LogP contribution in [0.3, 0.4) is 0 Å². The smallest absolute Gasteiger partial charge is 0.0208 e. The molecule has 0 bridgehead atoms. The van der Waals surface area contributed by atoms with E-state index in [4.69, 9.17) is 0 Å². The first-order valence-corrected chi connectivity index (χ1v) is 7.98. The van der Waals surface area contributed by atoms with Crippen LogP contribution in [0.5, 0.6) is 0 Å². The molecule has 0 heterocycles. The molecule has 0 fully saturated rings. The van der Waals surface area contributed by atoms with Gasteiger partial charge in [-0.1, -0.05) is 68.4 Å². The van der Waals surface area contributed by atoms with E-state index in [9.17, 15) is 0 Å². The predicted octanol–water partition coefficient (Wildman–Crippen LogP) is 4.61.